The van der Waals surface area contributed by atoms with Crippen molar-refractivity contribution in [2.45, 2.75) is 64.4 Å². The maximum absolute atomic E-state index is 13.8. The summed E-state index contributed by atoms with van der Waals surface area (Å²) in [6.07, 6.45) is 2.21. The molecule has 0 radical (unpaired) electrons. The first-order valence-electron chi connectivity index (χ1n) is 14.2. The number of nitrogen functional groups attached to an aromatic ring is 1. The van der Waals surface area contributed by atoms with Crippen LogP contribution >= 0.6 is 0 Å². The van der Waals surface area contributed by atoms with E-state index >= 15 is 0 Å². The highest BCUT2D eigenvalue weighted by Crippen LogP contribution is 2.36. The number of aromatic nitrogens is 4. The van der Waals surface area contributed by atoms with E-state index in [2.05, 4.69) is 33.6 Å². The lowest BCUT2D eigenvalue weighted by molar-refractivity contribution is 0.0973. The van der Waals surface area contributed by atoms with Crippen LogP contribution in [0.4, 0.5) is 20.5 Å². The Labute approximate surface area is 238 Å². The third kappa shape index (κ3) is 5.37. The molecule has 2 aromatic heterocycles. The van der Waals surface area contributed by atoms with Gasteiger partial charge in [-0.25, -0.2) is 19.6 Å². The molecular formula is C30H36F2N8O. The molecule has 2 aliphatic heterocycles. The maximum atomic E-state index is 13.8. The van der Waals surface area contributed by atoms with Crippen molar-refractivity contribution in [1.82, 2.24) is 24.4 Å². The molecule has 0 bridgehead atoms. The summed E-state index contributed by atoms with van der Waals surface area (Å²) >= 11 is 0. The number of piperazine rings is 1. The fourth-order valence-electron chi connectivity index (χ4n) is 6.24. The Balaban J connectivity index is 1.35. The van der Waals surface area contributed by atoms with Crippen LogP contribution in [-0.2, 0) is 11.3 Å². The lowest BCUT2D eigenvalue weighted by Crippen LogP contribution is -2.57. The van der Waals surface area contributed by atoms with Gasteiger partial charge in [-0.1, -0.05) is 24.3 Å². The van der Waals surface area contributed by atoms with Crippen LogP contribution in [0.3, 0.4) is 0 Å². The number of nitrogens with one attached hydrogen (secondary N) is 1. The molecule has 2 saturated heterocycles. The van der Waals surface area contributed by atoms with Gasteiger partial charge in [-0.15, -0.1) is 0 Å². The molecule has 9 nitrogen and oxygen atoms in total. The fraction of sp³-hybridized carbons (Fsp3) is 0.433. The van der Waals surface area contributed by atoms with E-state index in [1.807, 2.05) is 31.2 Å². The predicted octanol–water partition coefficient (Wildman–Crippen LogP) is 4.57. The largest absolute Gasteiger partial charge is 0.376 e. The SMILES string of the molecule is Cc1nc2c(N3C[C@@H](C)N(C(c4ccc(F)cc4)c4ccc(F)cc4)C[C@@H]3C)nc(NN)nc2n1C[C@@H]1CCCO1. The number of imidazole rings is 1. The summed E-state index contributed by atoms with van der Waals surface area (Å²) in [5, 5.41) is 0. The van der Waals surface area contributed by atoms with E-state index in [0.717, 1.165) is 53.4 Å². The summed E-state index contributed by atoms with van der Waals surface area (Å²) in [5.74, 6) is 7.17. The smallest absolute Gasteiger partial charge is 0.241 e. The van der Waals surface area contributed by atoms with Crippen LogP contribution in [0.5, 0.6) is 0 Å². The lowest BCUT2D eigenvalue weighted by atomic mass is 9.93. The van der Waals surface area contributed by atoms with Gasteiger partial charge in [-0.3, -0.25) is 10.3 Å². The van der Waals surface area contributed by atoms with Crippen LogP contribution in [0.15, 0.2) is 48.5 Å². The zero-order chi connectivity index (χ0) is 28.7. The second-order valence-corrected chi connectivity index (χ2v) is 11.1. The first-order valence-corrected chi connectivity index (χ1v) is 14.2. The Hall–Kier alpha value is -3.67. The molecule has 4 heterocycles. The van der Waals surface area contributed by atoms with Gasteiger partial charge in [0, 0.05) is 31.8 Å². The normalized spacial score (nSPS) is 21.7. The number of aryl methyl sites for hydroxylation is 1. The molecule has 0 amide bonds. The number of nitrogens with two attached hydrogens (primary N) is 1. The Morgan fingerprint density at radius 2 is 1.61 bits per heavy atom. The quantitative estimate of drug-likeness (QED) is 0.250. The summed E-state index contributed by atoms with van der Waals surface area (Å²) in [6.45, 7) is 9.12. The Bertz CT molecular complexity index is 1460. The molecule has 2 fully saturated rings. The predicted molar refractivity (Wildman–Crippen MR) is 154 cm³/mol. The maximum Gasteiger partial charge on any atom is 0.241 e. The monoisotopic (exact) mass is 562 g/mol. The average Bonchev–Trinajstić information content (AvgIpc) is 3.60. The lowest BCUT2D eigenvalue weighted by Gasteiger charge is -2.48. The molecule has 0 saturated carbocycles. The molecular weight excluding hydrogens is 526 g/mol. The van der Waals surface area contributed by atoms with Crippen LogP contribution in [0.2, 0.25) is 0 Å². The minimum Gasteiger partial charge on any atom is -0.376 e. The third-order valence-electron chi connectivity index (χ3n) is 8.32. The fourth-order valence-corrected chi connectivity index (χ4v) is 6.24. The van der Waals surface area contributed by atoms with E-state index in [4.69, 9.17) is 25.5 Å². The molecule has 3 N–H and O–H groups in total. The minimum atomic E-state index is -0.288. The van der Waals surface area contributed by atoms with Crippen molar-refractivity contribution in [3.8, 4) is 0 Å². The number of nitrogens with zero attached hydrogens (tertiary/aromatic N) is 6. The van der Waals surface area contributed by atoms with Gasteiger partial charge < -0.3 is 14.2 Å². The van der Waals surface area contributed by atoms with Gasteiger partial charge in [0.1, 0.15) is 17.5 Å². The Morgan fingerprint density at radius 1 is 0.951 bits per heavy atom. The topological polar surface area (TPSA) is 97.4 Å². The first-order chi connectivity index (χ1) is 19.8. The van der Waals surface area contributed by atoms with Gasteiger partial charge in [-0.2, -0.15) is 9.97 Å². The van der Waals surface area contributed by atoms with Crippen molar-refractivity contribution >= 4 is 22.9 Å². The standard InChI is InChI=1S/C30H36F2N8O/c1-18-16-39(28-26-29(36-30(35-28)37-33)40(20(3)34-26)17-25-5-4-14-41-25)19(2)15-38(18)27(21-6-10-23(31)11-7-21)22-8-12-24(32)13-9-22/h6-13,18-19,25,27H,4-5,14-17,33H2,1-3H3,(H,35,36,37)/t18-,19+,25+/m1/s1. The molecule has 3 atom stereocenters. The highest BCUT2D eigenvalue weighted by molar-refractivity contribution is 5.85. The van der Waals surface area contributed by atoms with Crippen LogP contribution in [0.25, 0.3) is 11.2 Å². The van der Waals surface area contributed by atoms with Gasteiger partial charge in [0.05, 0.1) is 18.7 Å². The van der Waals surface area contributed by atoms with Crippen LogP contribution < -0.4 is 16.2 Å². The van der Waals surface area contributed by atoms with E-state index in [1.165, 1.54) is 24.3 Å². The Kier molecular flexibility index (Phi) is 7.58. The molecule has 0 unspecified atom stereocenters. The number of fused-ring (bicyclic) bond motifs is 1. The molecule has 2 aromatic carbocycles. The molecule has 11 heteroatoms. The van der Waals surface area contributed by atoms with Crippen molar-refractivity contribution in [1.29, 1.82) is 0 Å². The van der Waals surface area contributed by atoms with Crippen molar-refractivity contribution in [3.05, 3.63) is 77.1 Å². The second kappa shape index (κ2) is 11.3. The first kappa shape index (κ1) is 27.5. The molecule has 216 valence electrons. The van der Waals surface area contributed by atoms with Crippen LogP contribution in [-0.4, -0.2) is 62.3 Å². The molecule has 41 heavy (non-hydrogen) atoms. The van der Waals surface area contributed by atoms with Crippen LogP contribution in [0, 0.1) is 18.6 Å². The zero-order valence-electron chi connectivity index (χ0n) is 23.6. The number of hydrogen-bond acceptors (Lipinski definition) is 8. The number of benzene rings is 2. The Morgan fingerprint density at radius 3 is 2.20 bits per heavy atom. The van der Waals surface area contributed by atoms with Crippen molar-refractivity contribution < 1.29 is 13.5 Å². The molecule has 6 rings (SSSR count). The summed E-state index contributed by atoms with van der Waals surface area (Å²) in [5.41, 5.74) is 6.01. The molecule has 2 aliphatic rings. The molecule has 0 aliphatic carbocycles. The summed E-state index contributed by atoms with van der Waals surface area (Å²) in [7, 11) is 0. The highest BCUT2D eigenvalue weighted by atomic mass is 19.1. The summed E-state index contributed by atoms with van der Waals surface area (Å²) in [6, 6.07) is 13.1. The number of hydrogen-bond donors (Lipinski definition) is 2. The summed E-state index contributed by atoms with van der Waals surface area (Å²) in [4.78, 5) is 19.1. The van der Waals surface area contributed by atoms with Gasteiger partial charge in [-0.05, 0) is 69.0 Å². The number of anilines is 2. The average molecular weight is 563 g/mol. The summed E-state index contributed by atoms with van der Waals surface area (Å²) < 4.78 is 35.7. The third-order valence-corrected chi connectivity index (χ3v) is 8.32. The van der Waals surface area contributed by atoms with Crippen molar-refractivity contribution in [2.75, 3.05) is 30.0 Å². The van der Waals surface area contributed by atoms with E-state index < -0.39 is 0 Å². The number of rotatable bonds is 7. The minimum absolute atomic E-state index is 0.0435. The van der Waals surface area contributed by atoms with E-state index in [9.17, 15) is 8.78 Å². The van der Waals surface area contributed by atoms with Crippen molar-refractivity contribution in [3.63, 3.8) is 0 Å². The molecule has 4 aromatic rings. The number of hydrazine groups is 1. The molecule has 0 spiro atoms. The number of halogens is 2. The van der Waals surface area contributed by atoms with Gasteiger partial charge in [0.15, 0.2) is 17.0 Å². The van der Waals surface area contributed by atoms with Gasteiger partial charge >= 0.3 is 0 Å². The van der Waals surface area contributed by atoms with Gasteiger partial charge in [0.25, 0.3) is 0 Å². The van der Waals surface area contributed by atoms with Gasteiger partial charge in [0.2, 0.25) is 5.95 Å². The van der Waals surface area contributed by atoms with E-state index in [0.29, 0.717) is 25.6 Å². The zero-order valence-corrected chi connectivity index (χ0v) is 23.6. The van der Waals surface area contributed by atoms with E-state index in [-0.39, 0.29) is 35.9 Å². The second-order valence-electron chi connectivity index (χ2n) is 11.1. The number of ether oxygens (including phenoxy) is 1. The van der Waals surface area contributed by atoms with Crippen molar-refractivity contribution in [2.24, 2.45) is 5.84 Å². The van der Waals surface area contributed by atoms with Crippen LogP contribution in [0.1, 0.15) is 49.7 Å². The van der Waals surface area contributed by atoms with E-state index in [1.54, 1.807) is 0 Å². The highest BCUT2D eigenvalue weighted by Gasteiger charge is 2.37.